The van der Waals surface area contributed by atoms with E-state index in [0.29, 0.717) is 0 Å². The molecule has 60 valence electrons. The second kappa shape index (κ2) is 3.22. The summed E-state index contributed by atoms with van der Waals surface area (Å²) >= 11 is 0. The standard InChI is InChI=1S/C10H15N/c1-2-4-10-6-8-11-7-5-9(10)3-1/h1,3,6,9,11H,2,4-5,7-8H2. The van der Waals surface area contributed by atoms with E-state index in [-0.39, 0.29) is 0 Å². The lowest BCUT2D eigenvalue weighted by atomic mass is 9.88. The molecule has 0 aromatic heterocycles. The summed E-state index contributed by atoms with van der Waals surface area (Å²) in [4.78, 5) is 0. The van der Waals surface area contributed by atoms with Crippen molar-refractivity contribution in [3.63, 3.8) is 0 Å². The van der Waals surface area contributed by atoms with Gasteiger partial charge >= 0.3 is 0 Å². The minimum absolute atomic E-state index is 0.763. The first kappa shape index (κ1) is 7.11. The smallest absolute Gasteiger partial charge is 0.0137 e. The topological polar surface area (TPSA) is 12.0 Å². The minimum Gasteiger partial charge on any atom is -0.313 e. The summed E-state index contributed by atoms with van der Waals surface area (Å²) in [5.41, 5.74) is 1.66. The quantitative estimate of drug-likeness (QED) is 0.518. The minimum atomic E-state index is 0.763. The van der Waals surface area contributed by atoms with Gasteiger partial charge in [0, 0.05) is 6.54 Å². The van der Waals surface area contributed by atoms with Gasteiger partial charge in [0.2, 0.25) is 0 Å². The Morgan fingerprint density at radius 3 is 3.45 bits per heavy atom. The number of allylic oxidation sites excluding steroid dienone is 3. The van der Waals surface area contributed by atoms with Gasteiger partial charge in [0.05, 0.1) is 0 Å². The lowest BCUT2D eigenvalue weighted by molar-refractivity contribution is 0.611. The van der Waals surface area contributed by atoms with Crippen LogP contribution in [0, 0.1) is 5.92 Å². The van der Waals surface area contributed by atoms with Gasteiger partial charge in [-0.2, -0.15) is 0 Å². The maximum Gasteiger partial charge on any atom is 0.0137 e. The second-order valence-electron chi connectivity index (χ2n) is 3.35. The van der Waals surface area contributed by atoms with Crippen molar-refractivity contribution in [1.82, 2.24) is 5.32 Å². The molecule has 0 spiro atoms. The number of rotatable bonds is 0. The van der Waals surface area contributed by atoms with E-state index in [0.717, 1.165) is 12.5 Å². The summed E-state index contributed by atoms with van der Waals surface area (Å²) in [6.07, 6.45) is 10.9. The number of nitrogens with one attached hydrogen (secondary N) is 1. The third kappa shape index (κ3) is 1.54. The van der Waals surface area contributed by atoms with E-state index in [2.05, 4.69) is 23.5 Å². The van der Waals surface area contributed by atoms with Crippen molar-refractivity contribution in [2.24, 2.45) is 5.92 Å². The monoisotopic (exact) mass is 149 g/mol. The van der Waals surface area contributed by atoms with Gasteiger partial charge in [-0.15, -0.1) is 0 Å². The van der Waals surface area contributed by atoms with Crippen LogP contribution in [-0.4, -0.2) is 13.1 Å². The Labute approximate surface area is 68.2 Å². The van der Waals surface area contributed by atoms with Gasteiger partial charge in [-0.1, -0.05) is 23.8 Å². The van der Waals surface area contributed by atoms with Gasteiger partial charge in [-0.05, 0) is 31.7 Å². The van der Waals surface area contributed by atoms with E-state index in [1.165, 1.54) is 25.8 Å². The maximum atomic E-state index is 3.39. The molecular weight excluding hydrogens is 134 g/mol. The number of hydrogen-bond acceptors (Lipinski definition) is 1. The van der Waals surface area contributed by atoms with Gasteiger partial charge in [-0.25, -0.2) is 0 Å². The van der Waals surface area contributed by atoms with Gasteiger partial charge in [-0.3, -0.25) is 0 Å². The summed E-state index contributed by atoms with van der Waals surface area (Å²) in [5.74, 6) is 0.763. The zero-order valence-electron chi connectivity index (χ0n) is 6.84. The summed E-state index contributed by atoms with van der Waals surface area (Å²) in [6.45, 7) is 2.26. The highest BCUT2D eigenvalue weighted by molar-refractivity contribution is 5.19. The van der Waals surface area contributed by atoms with Crippen molar-refractivity contribution in [1.29, 1.82) is 0 Å². The van der Waals surface area contributed by atoms with Crippen molar-refractivity contribution < 1.29 is 0 Å². The van der Waals surface area contributed by atoms with Crippen LogP contribution in [0.25, 0.3) is 0 Å². The molecule has 0 fully saturated rings. The fraction of sp³-hybridized carbons (Fsp3) is 0.600. The largest absolute Gasteiger partial charge is 0.313 e. The van der Waals surface area contributed by atoms with Crippen molar-refractivity contribution in [3.8, 4) is 0 Å². The van der Waals surface area contributed by atoms with Crippen LogP contribution in [-0.2, 0) is 0 Å². The molecule has 1 aliphatic heterocycles. The first-order chi connectivity index (χ1) is 5.47. The fourth-order valence-electron chi connectivity index (χ4n) is 1.92. The predicted molar refractivity (Wildman–Crippen MR) is 47.4 cm³/mol. The van der Waals surface area contributed by atoms with Gasteiger partial charge in [0.1, 0.15) is 0 Å². The Bertz CT molecular complexity index is 191. The molecule has 1 unspecified atom stereocenters. The Hall–Kier alpha value is -0.560. The molecular formula is C10H15N. The summed E-state index contributed by atoms with van der Waals surface area (Å²) < 4.78 is 0. The van der Waals surface area contributed by atoms with E-state index < -0.39 is 0 Å². The van der Waals surface area contributed by atoms with Crippen LogP contribution < -0.4 is 5.32 Å². The predicted octanol–water partition coefficient (Wildman–Crippen LogP) is 1.87. The highest BCUT2D eigenvalue weighted by atomic mass is 14.8. The van der Waals surface area contributed by atoms with Gasteiger partial charge in [0.25, 0.3) is 0 Å². The fourth-order valence-corrected chi connectivity index (χ4v) is 1.92. The summed E-state index contributed by atoms with van der Waals surface area (Å²) in [6, 6.07) is 0. The molecule has 0 aromatic rings. The Morgan fingerprint density at radius 1 is 1.45 bits per heavy atom. The molecule has 1 heteroatoms. The molecule has 0 bridgehead atoms. The molecule has 1 aliphatic carbocycles. The highest BCUT2D eigenvalue weighted by Gasteiger charge is 2.15. The molecule has 1 heterocycles. The van der Waals surface area contributed by atoms with E-state index in [4.69, 9.17) is 0 Å². The summed E-state index contributed by atoms with van der Waals surface area (Å²) in [7, 11) is 0. The molecule has 11 heavy (non-hydrogen) atoms. The zero-order chi connectivity index (χ0) is 7.52. The van der Waals surface area contributed by atoms with E-state index >= 15 is 0 Å². The van der Waals surface area contributed by atoms with E-state index in [1.807, 2.05) is 0 Å². The van der Waals surface area contributed by atoms with Crippen LogP contribution in [0.2, 0.25) is 0 Å². The molecule has 0 saturated carbocycles. The Balaban J connectivity index is 2.15. The van der Waals surface area contributed by atoms with Crippen molar-refractivity contribution in [2.75, 3.05) is 13.1 Å². The van der Waals surface area contributed by atoms with Gasteiger partial charge < -0.3 is 5.32 Å². The Morgan fingerprint density at radius 2 is 2.45 bits per heavy atom. The van der Waals surface area contributed by atoms with Crippen molar-refractivity contribution >= 4 is 0 Å². The Kier molecular flexibility index (Phi) is 2.08. The summed E-state index contributed by atoms with van der Waals surface area (Å²) in [5, 5.41) is 3.39. The molecule has 1 atom stereocenters. The van der Waals surface area contributed by atoms with Crippen LogP contribution in [0.4, 0.5) is 0 Å². The average molecular weight is 149 g/mol. The second-order valence-corrected chi connectivity index (χ2v) is 3.35. The maximum absolute atomic E-state index is 3.39. The van der Waals surface area contributed by atoms with Crippen molar-refractivity contribution in [3.05, 3.63) is 23.8 Å². The van der Waals surface area contributed by atoms with Crippen LogP contribution in [0.15, 0.2) is 23.8 Å². The third-order valence-electron chi connectivity index (χ3n) is 2.59. The average Bonchev–Trinajstić information content (AvgIpc) is 2.28. The molecule has 0 amide bonds. The molecule has 0 aromatic carbocycles. The van der Waals surface area contributed by atoms with E-state index in [9.17, 15) is 0 Å². The molecule has 0 radical (unpaired) electrons. The first-order valence-electron chi connectivity index (χ1n) is 4.53. The van der Waals surface area contributed by atoms with Crippen molar-refractivity contribution in [2.45, 2.75) is 19.3 Å². The van der Waals surface area contributed by atoms with Crippen LogP contribution in [0.1, 0.15) is 19.3 Å². The zero-order valence-corrected chi connectivity index (χ0v) is 6.84. The molecule has 1 nitrogen and oxygen atoms in total. The number of hydrogen-bond donors (Lipinski definition) is 1. The molecule has 1 N–H and O–H groups in total. The van der Waals surface area contributed by atoms with Crippen LogP contribution in [0.3, 0.4) is 0 Å². The molecule has 0 saturated heterocycles. The molecule has 2 aliphatic rings. The number of fused-ring (bicyclic) bond motifs is 1. The van der Waals surface area contributed by atoms with Crippen LogP contribution in [0.5, 0.6) is 0 Å². The highest BCUT2D eigenvalue weighted by Crippen LogP contribution is 2.26. The van der Waals surface area contributed by atoms with Gasteiger partial charge in [0.15, 0.2) is 0 Å². The van der Waals surface area contributed by atoms with Crippen LogP contribution >= 0.6 is 0 Å². The molecule has 2 rings (SSSR count). The SMILES string of the molecule is C1=CC2CCNCC=C2CC1. The third-order valence-corrected chi connectivity index (χ3v) is 2.59. The lowest BCUT2D eigenvalue weighted by Gasteiger charge is -2.18. The first-order valence-corrected chi connectivity index (χ1v) is 4.53. The lowest BCUT2D eigenvalue weighted by Crippen LogP contribution is -2.14. The normalized spacial score (nSPS) is 30.5. The van der Waals surface area contributed by atoms with E-state index in [1.54, 1.807) is 5.57 Å².